The van der Waals surface area contributed by atoms with E-state index in [2.05, 4.69) is 25.6 Å². The summed E-state index contributed by atoms with van der Waals surface area (Å²) in [6.45, 7) is 0. The van der Waals surface area contributed by atoms with E-state index >= 15 is 0 Å². The zero-order chi connectivity index (χ0) is 18.8. The van der Waals surface area contributed by atoms with E-state index in [0.29, 0.717) is 16.8 Å². The minimum Gasteiger partial charge on any atom is -0.469 e. The Kier molecular flexibility index (Phi) is 4.89. The summed E-state index contributed by atoms with van der Waals surface area (Å²) < 4.78 is 6.44. The summed E-state index contributed by atoms with van der Waals surface area (Å²) in [7, 11) is 1.43. The number of benzene rings is 1. The second-order valence-corrected chi connectivity index (χ2v) is 6.98. The zero-order valence-electron chi connectivity index (χ0n) is 14.8. The lowest BCUT2D eigenvalue weighted by Crippen LogP contribution is -2.30. The Balaban J connectivity index is 1.53. The molecular formula is C18H19ClN6O2. The maximum absolute atomic E-state index is 11.7. The molecule has 0 atom stereocenters. The predicted octanol–water partition coefficient (Wildman–Crippen LogP) is 3.01. The van der Waals surface area contributed by atoms with Crippen LogP contribution in [0.15, 0.2) is 30.5 Å². The minimum atomic E-state index is -0.128. The highest BCUT2D eigenvalue weighted by molar-refractivity contribution is 6.32. The highest BCUT2D eigenvalue weighted by Crippen LogP contribution is 2.28. The molecule has 0 spiro atoms. The molecule has 0 aliphatic heterocycles. The molecule has 1 aliphatic carbocycles. The first-order valence-electron chi connectivity index (χ1n) is 8.83. The number of carbonyl (C=O) groups is 1. The van der Waals surface area contributed by atoms with E-state index in [4.69, 9.17) is 16.3 Å². The van der Waals surface area contributed by atoms with Crippen molar-refractivity contribution >= 4 is 34.6 Å². The average molecular weight is 387 g/mol. The number of para-hydroxylation sites is 1. The van der Waals surface area contributed by atoms with E-state index in [0.717, 1.165) is 36.7 Å². The Hall–Kier alpha value is -2.74. The zero-order valence-corrected chi connectivity index (χ0v) is 15.6. The Morgan fingerprint density at radius 1 is 1.26 bits per heavy atom. The van der Waals surface area contributed by atoms with Gasteiger partial charge in [0.1, 0.15) is 10.5 Å². The molecule has 1 aromatic carbocycles. The Bertz CT molecular complexity index is 967. The summed E-state index contributed by atoms with van der Waals surface area (Å²) >= 11 is 6.31. The van der Waals surface area contributed by atoms with Crippen molar-refractivity contribution < 1.29 is 9.53 Å². The molecule has 27 heavy (non-hydrogen) atoms. The van der Waals surface area contributed by atoms with Crippen LogP contribution in [-0.2, 0) is 9.53 Å². The summed E-state index contributed by atoms with van der Waals surface area (Å²) in [4.78, 5) is 20.5. The number of esters is 1. The number of fused-ring (bicyclic) bond motifs is 1. The molecule has 0 radical (unpaired) electrons. The van der Waals surface area contributed by atoms with E-state index in [1.165, 1.54) is 7.11 Å². The molecule has 0 unspecified atom stereocenters. The third-order valence-electron chi connectivity index (χ3n) is 4.87. The van der Waals surface area contributed by atoms with Gasteiger partial charge in [-0.25, -0.2) is 4.98 Å². The minimum absolute atomic E-state index is 0.0174. The number of rotatable bonds is 4. The van der Waals surface area contributed by atoms with Gasteiger partial charge in [0.15, 0.2) is 5.82 Å². The van der Waals surface area contributed by atoms with Gasteiger partial charge in [-0.15, -0.1) is 5.10 Å². The van der Waals surface area contributed by atoms with Crippen LogP contribution in [0, 0.1) is 5.92 Å². The molecule has 1 fully saturated rings. The summed E-state index contributed by atoms with van der Waals surface area (Å²) in [6, 6.07) is 7.81. The van der Waals surface area contributed by atoms with Gasteiger partial charge in [0.2, 0.25) is 5.95 Å². The second-order valence-electron chi connectivity index (χ2n) is 6.57. The highest BCUT2D eigenvalue weighted by Gasteiger charge is 2.27. The fraction of sp³-hybridized carbons (Fsp3) is 0.389. The van der Waals surface area contributed by atoms with Gasteiger partial charge in [-0.1, -0.05) is 28.9 Å². The number of hydrogen-bond donors (Lipinski definition) is 1. The standard InChI is InChI=1S/C18H19ClN6O2/c1-27-17(26)11-6-8-12(9-7-11)21-18-20-10-13(19)16(22-18)25-15-5-3-2-4-14(15)23-24-25/h2-5,10-12H,6-9H2,1H3,(H,20,21,22). The molecule has 4 rings (SSSR count). The molecule has 8 nitrogen and oxygen atoms in total. The van der Waals surface area contributed by atoms with Crippen molar-refractivity contribution in [2.75, 3.05) is 12.4 Å². The number of aromatic nitrogens is 5. The van der Waals surface area contributed by atoms with Gasteiger partial charge in [-0.3, -0.25) is 4.79 Å². The van der Waals surface area contributed by atoms with E-state index < -0.39 is 0 Å². The normalized spacial score (nSPS) is 19.8. The average Bonchev–Trinajstić information content (AvgIpc) is 3.13. The monoisotopic (exact) mass is 386 g/mol. The number of hydrogen-bond acceptors (Lipinski definition) is 7. The third kappa shape index (κ3) is 3.57. The first kappa shape index (κ1) is 17.7. The Morgan fingerprint density at radius 2 is 2.04 bits per heavy atom. The molecule has 2 heterocycles. The van der Waals surface area contributed by atoms with Gasteiger partial charge in [0, 0.05) is 6.04 Å². The fourth-order valence-corrected chi connectivity index (χ4v) is 3.60. The van der Waals surface area contributed by atoms with Crippen molar-refractivity contribution in [3.8, 4) is 5.82 Å². The molecule has 2 aromatic heterocycles. The van der Waals surface area contributed by atoms with E-state index in [-0.39, 0.29) is 17.9 Å². The molecule has 140 valence electrons. The van der Waals surface area contributed by atoms with Crippen LogP contribution in [0.2, 0.25) is 5.02 Å². The van der Waals surface area contributed by atoms with Gasteiger partial charge in [-0.2, -0.15) is 9.67 Å². The molecule has 1 saturated carbocycles. The van der Waals surface area contributed by atoms with Crippen LogP contribution in [-0.4, -0.2) is 44.1 Å². The topological polar surface area (TPSA) is 94.8 Å². The summed E-state index contributed by atoms with van der Waals surface area (Å²) in [6.07, 6.45) is 4.85. The van der Waals surface area contributed by atoms with Crippen LogP contribution in [0.3, 0.4) is 0 Å². The molecule has 1 aliphatic rings. The number of methoxy groups -OCH3 is 1. The number of carbonyl (C=O) groups excluding carboxylic acids is 1. The highest BCUT2D eigenvalue weighted by atomic mass is 35.5. The smallest absolute Gasteiger partial charge is 0.308 e. The van der Waals surface area contributed by atoms with Crippen molar-refractivity contribution in [3.05, 3.63) is 35.5 Å². The first-order valence-corrected chi connectivity index (χ1v) is 9.21. The van der Waals surface area contributed by atoms with E-state index in [9.17, 15) is 4.79 Å². The van der Waals surface area contributed by atoms with Crippen LogP contribution < -0.4 is 5.32 Å². The van der Waals surface area contributed by atoms with E-state index in [1.807, 2.05) is 24.3 Å². The lowest BCUT2D eigenvalue weighted by atomic mass is 9.86. The second kappa shape index (κ2) is 7.48. The van der Waals surface area contributed by atoms with Crippen molar-refractivity contribution in [1.82, 2.24) is 25.0 Å². The summed E-state index contributed by atoms with van der Waals surface area (Å²) in [5.41, 5.74) is 1.59. The van der Waals surface area contributed by atoms with Gasteiger partial charge >= 0.3 is 5.97 Å². The fourth-order valence-electron chi connectivity index (χ4n) is 3.42. The van der Waals surface area contributed by atoms with Gasteiger partial charge in [-0.05, 0) is 37.8 Å². The van der Waals surface area contributed by atoms with Crippen LogP contribution in [0.1, 0.15) is 25.7 Å². The quantitative estimate of drug-likeness (QED) is 0.688. The van der Waals surface area contributed by atoms with Crippen LogP contribution in [0.4, 0.5) is 5.95 Å². The van der Waals surface area contributed by atoms with Crippen LogP contribution in [0.25, 0.3) is 16.9 Å². The number of ether oxygens (including phenoxy) is 1. The van der Waals surface area contributed by atoms with Gasteiger partial charge in [0.05, 0.1) is 24.7 Å². The SMILES string of the molecule is COC(=O)C1CCC(Nc2ncc(Cl)c(-n3nnc4ccccc43)n2)CC1. The first-order chi connectivity index (χ1) is 13.2. The lowest BCUT2D eigenvalue weighted by molar-refractivity contribution is -0.146. The molecular weight excluding hydrogens is 368 g/mol. The van der Waals surface area contributed by atoms with Crippen molar-refractivity contribution in [2.24, 2.45) is 5.92 Å². The summed E-state index contributed by atoms with van der Waals surface area (Å²) in [5.74, 6) is 0.814. The van der Waals surface area contributed by atoms with E-state index in [1.54, 1.807) is 10.9 Å². The number of anilines is 1. The molecule has 1 N–H and O–H groups in total. The van der Waals surface area contributed by atoms with Gasteiger partial charge < -0.3 is 10.1 Å². The Morgan fingerprint density at radius 3 is 2.81 bits per heavy atom. The number of nitrogens with one attached hydrogen (secondary N) is 1. The Labute approximate surface area is 160 Å². The molecule has 0 saturated heterocycles. The molecule has 9 heteroatoms. The van der Waals surface area contributed by atoms with Crippen LogP contribution in [0.5, 0.6) is 0 Å². The molecule has 3 aromatic rings. The van der Waals surface area contributed by atoms with Gasteiger partial charge in [0.25, 0.3) is 0 Å². The van der Waals surface area contributed by atoms with Crippen molar-refractivity contribution in [3.63, 3.8) is 0 Å². The maximum Gasteiger partial charge on any atom is 0.308 e. The predicted molar refractivity (Wildman–Crippen MR) is 101 cm³/mol. The van der Waals surface area contributed by atoms with Crippen molar-refractivity contribution in [1.29, 1.82) is 0 Å². The van der Waals surface area contributed by atoms with Crippen LogP contribution >= 0.6 is 11.6 Å². The molecule has 0 bridgehead atoms. The number of halogens is 1. The third-order valence-corrected chi connectivity index (χ3v) is 5.14. The maximum atomic E-state index is 11.7. The largest absolute Gasteiger partial charge is 0.469 e. The number of nitrogens with zero attached hydrogens (tertiary/aromatic N) is 5. The van der Waals surface area contributed by atoms with Crippen molar-refractivity contribution in [2.45, 2.75) is 31.7 Å². The molecule has 0 amide bonds. The lowest BCUT2D eigenvalue weighted by Gasteiger charge is -2.27. The summed E-state index contributed by atoms with van der Waals surface area (Å²) in [5, 5.41) is 12.0.